The van der Waals surface area contributed by atoms with Crippen molar-refractivity contribution < 1.29 is 23.5 Å². The zero-order valence-electron chi connectivity index (χ0n) is 17.8. The van der Waals surface area contributed by atoms with E-state index in [1.807, 2.05) is 0 Å². The van der Waals surface area contributed by atoms with Gasteiger partial charge in [-0.2, -0.15) is 0 Å². The molecule has 0 heterocycles. The van der Waals surface area contributed by atoms with E-state index >= 15 is 0 Å². The van der Waals surface area contributed by atoms with Gasteiger partial charge < -0.3 is 14.4 Å². The topological polar surface area (TPSA) is 75.7 Å². The van der Waals surface area contributed by atoms with E-state index in [1.165, 1.54) is 19.2 Å². The maximum atomic E-state index is 14.2. The molecule has 0 saturated heterocycles. The van der Waals surface area contributed by atoms with Crippen molar-refractivity contribution in [1.82, 2.24) is 10.2 Å². The number of carbonyl (C=O) groups is 3. The van der Waals surface area contributed by atoms with Gasteiger partial charge in [0.25, 0.3) is 5.91 Å². The molecular weight excluding hydrogens is 399 g/mol. The summed E-state index contributed by atoms with van der Waals surface area (Å²) in [6, 6.07) is 11.3. The molecule has 1 saturated carbocycles. The van der Waals surface area contributed by atoms with E-state index in [-0.39, 0.29) is 11.5 Å². The average Bonchev–Trinajstić information content (AvgIpc) is 3.28. The zero-order valence-corrected chi connectivity index (χ0v) is 17.8. The molecule has 0 unspecified atom stereocenters. The molecule has 0 aliphatic heterocycles. The minimum atomic E-state index is -0.726. The highest BCUT2D eigenvalue weighted by molar-refractivity contribution is 5.95. The molecular formula is C24H27FN2O4. The van der Waals surface area contributed by atoms with E-state index in [4.69, 9.17) is 0 Å². The Balaban J connectivity index is 1.77. The summed E-state index contributed by atoms with van der Waals surface area (Å²) < 4.78 is 18.8. The molecule has 1 aliphatic rings. The quantitative estimate of drug-likeness (QED) is 0.301. The minimum absolute atomic E-state index is 0.112. The van der Waals surface area contributed by atoms with E-state index in [0.29, 0.717) is 24.1 Å². The van der Waals surface area contributed by atoms with Gasteiger partial charge in [-0.05, 0) is 61.1 Å². The standard InChI is InChI=1S/C24H27FN2O4/c1-27(24(12-3-4-13-24)26-14-5-15-28)22(29)18-8-6-17(7-9-18)19-10-11-20(21(25)16-19)23(30)31-2/h6-11,15-16,26H,3-5,12-14H2,1-2H3. The fraction of sp³-hybridized carbons (Fsp3) is 0.375. The number of halogens is 1. The SMILES string of the molecule is COC(=O)c1ccc(-c2ccc(C(=O)N(C)C3(NCCC=O)CCCC3)cc2)cc1F. The maximum absolute atomic E-state index is 14.2. The molecule has 6 nitrogen and oxygen atoms in total. The van der Waals surface area contributed by atoms with Crippen LogP contribution in [0.15, 0.2) is 42.5 Å². The van der Waals surface area contributed by atoms with Gasteiger partial charge in [-0.3, -0.25) is 10.1 Å². The van der Waals surface area contributed by atoms with Crippen LogP contribution < -0.4 is 5.32 Å². The smallest absolute Gasteiger partial charge is 0.340 e. The van der Waals surface area contributed by atoms with Crippen molar-refractivity contribution in [2.75, 3.05) is 20.7 Å². The molecule has 1 N–H and O–H groups in total. The lowest BCUT2D eigenvalue weighted by Gasteiger charge is -2.40. The average molecular weight is 426 g/mol. The minimum Gasteiger partial charge on any atom is -0.465 e. The highest BCUT2D eigenvalue weighted by atomic mass is 19.1. The van der Waals surface area contributed by atoms with Crippen LogP contribution in [0.4, 0.5) is 4.39 Å². The van der Waals surface area contributed by atoms with Gasteiger partial charge in [0.1, 0.15) is 12.1 Å². The van der Waals surface area contributed by atoms with Crippen LogP contribution in [0.25, 0.3) is 11.1 Å². The molecule has 31 heavy (non-hydrogen) atoms. The van der Waals surface area contributed by atoms with Gasteiger partial charge in [-0.15, -0.1) is 0 Å². The van der Waals surface area contributed by atoms with Gasteiger partial charge in [-0.1, -0.05) is 18.2 Å². The Kier molecular flexibility index (Phi) is 7.17. The normalized spacial score (nSPS) is 14.8. The molecule has 1 fully saturated rings. The van der Waals surface area contributed by atoms with Crippen molar-refractivity contribution in [2.24, 2.45) is 0 Å². The predicted octanol–water partition coefficient (Wildman–Crippen LogP) is 3.80. The number of nitrogens with zero attached hydrogens (tertiary/aromatic N) is 1. The molecule has 1 amide bonds. The first-order valence-corrected chi connectivity index (χ1v) is 10.4. The zero-order chi connectivity index (χ0) is 22.4. The lowest BCUT2D eigenvalue weighted by atomic mass is 10.0. The van der Waals surface area contributed by atoms with Crippen molar-refractivity contribution in [3.63, 3.8) is 0 Å². The number of aldehydes is 1. The molecule has 0 bridgehead atoms. The maximum Gasteiger partial charge on any atom is 0.340 e. The van der Waals surface area contributed by atoms with Crippen LogP contribution in [0.3, 0.4) is 0 Å². The van der Waals surface area contributed by atoms with Crippen molar-refractivity contribution in [2.45, 2.75) is 37.8 Å². The number of hydrogen-bond acceptors (Lipinski definition) is 5. The number of ether oxygens (including phenoxy) is 1. The van der Waals surface area contributed by atoms with Crippen LogP contribution in [-0.2, 0) is 9.53 Å². The first-order valence-electron chi connectivity index (χ1n) is 10.4. The second-order valence-electron chi connectivity index (χ2n) is 7.75. The highest BCUT2D eigenvalue weighted by Crippen LogP contribution is 2.33. The monoisotopic (exact) mass is 426 g/mol. The number of hydrogen-bond donors (Lipinski definition) is 1. The van der Waals surface area contributed by atoms with Crippen LogP contribution in [0, 0.1) is 5.82 Å². The number of benzene rings is 2. The Labute approximate surface area is 181 Å². The number of methoxy groups -OCH3 is 1. The van der Waals surface area contributed by atoms with E-state index in [1.54, 1.807) is 42.3 Å². The largest absolute Gasteiger partial charge is 0.465 e. The molecule has 7 heteroatoms. The molecule has 1 aliphatic carbocycles. The van der Waals surface area contributed by atoms with Gasteiger partial charge in [-0.25, -0.2) is 9.18 Å². The van der Waals surface area contributed by atoms with Crippen LogP contribution in [-0.4, -0.2) is 49.4 Å². The van der Waals surface area contributed by atoms with Crippen LogP contribution in [0.1, 0.15) is 52.8 Å². The molecule has 0 spiro atoms. The lowest BCUT2D eigenvalue weighted by molar-refractivity contribution is -0.107. The van der Waals surface area contributed by atoms with E-state index < -0.39 is 17.4 Å². The third-order valence-electron chi connectivity index (χ3n) is 5.93. The second kappa shape index (κ2) is 9.83. The number of amides is 1. The van der Waals surface area contributed by atoms with E-state index in [0.717, 1.165) is 37.5 Å². The van der Waals surface area contributed by atoms with Crippen LogP contribution in [0.5, 0.6) is 0 Å². The summed E-state index contributed by atoms with van der Waals surface area (Å²) in [6.45, 7) is 0.535. The fourth-order valence-corrected chi connectivity index (χ4v) is 4.12. The third kappa shape index (κ3) is 4.82. The Bertz CT molecular complexity index is 953. The fourth-order valence-electron chi connectivity index (χ4n) is 4.12. The lowest BCUT2D eigenvalue weighted by Crippen LogP contribution is -2.57. The van der Waals surface area contributed by atoms with Crippen molar-refractivity contribution in [1.29, 1.82) is 0 Å². The Hall–Kier alpha value is -3.06. The third-order valence-corrected chi connectivity index (χ3v) is 5.93. The Morgan fingerprint density at radius 1 is 1.13 bits per heavy atom. The van der Waals surface area contributed by atoms with Gasteiger partial charge in [0, 0.05) is 25.6 Å². The van der Waals surface area contributed by atoms with Gasteiger partial charge in [0.15, 0.2) is 0 Å². The van der Waals surface area contributed by atoms with E-state index in [2.05, 4.69) is 10.1 Å². The summed E-state index contributed by atoms with van der Waals surface area (Å²) in [7, 11) is 2.99. The van der Waals surface area contributed by atoms with Gasteiger partial charge in [0.2, 0.25) is 0 Å². The molecule has 0 atom stereocenters. The Morgan fingerprint density at radius 3 is 2.35 bits per heavy atom. The summed E-state index contributed by atoms with van der Waals surface area (Å²) in [6.07, 6.45) is 5.02. The summed E-state index contributed by atoms with van der Waals surface area (Å²) in [4.78, 5) is 37.1. The van der Waals surface area contributed by atoms with Crippen molar-refractivity contribution in [3.8, 4) is 11.1 Å². The molecule has 0 radical (unpaired) electrons. The summed E-state index contributed by atoms with van der Waals surface area (Å²) >= 11 is 0. The molecule has 164 valence electrons. The highest BCUT2D eigenvalue weighted by Gasteiger charge is 2.39. The number of nitrogens with one attached hydrogen (secondary N) is 1. The van der Waals surface area contributed by atoms with Gasteiger partial charge >= 0.3 is 5.97 Å². The van der Waals surface area contributed by atoms with Crippen LogP contribution in [0.2, 0.25) is 0 Å². The van der Waals surface area contributed by atoms with Gasteiger partial charge in [0.05, 0.1) is 18.3 Å². The number of carbonyl (C=O) groups excluding carboxylic acids is 3. The first kappa shape index (κ1) is 22.6. The molecule has 2 aromatic rings. The second-order valence-corrected chi connectivity index (χ2v) is 7.75. The summed E-state index contributed by atoms with van der Waals surface area (Å²) in [5.74, 6) is -1.50. The van der Waals surface area contributed by atoms with Crippen LogP contribution >= 0.6 is 0 Å². The predicted molar refractivity (Wildman–Crippen MR) is 115 cm³/mol. The van der Waals surface area contributed by atoms with Crippen molar-refractivity contribution in [3.05, 3.63) is 59.4 Å². The number of esters is 1. The summed E-state index contributed by atoms with van der Waals surface area (Å²) in [5, 5.41) is 3.40. The number of rotatable bonds is 8. The summed E-state index contributed by atoms with van der Waals surface area (Å²) in [5.41, 5.74) is 1.30. The van der Waals surface area contributed by atoms with Crippen molar-refractivity contribution >= 4 is 18.2 Å². The Morgan fingerprint density at radius 2 is 1.77 bits per heavy atom. The molecule has 2 aromatic carbocycles. The first-order chi connectivity index (χ1) is 14.9. The molecule has 0 aromatic heterocycles. The molecule has 3 rings (SSSR count). The van der Waals surface area contributed by atoms with E-state index in [9.17, 15) is 18.8 Å².